The molecule has 15 heavy (non-hydrogen) atoms. The van der Waals surface area contributed by atoms with Crippen molar-refractivity contribution < 1.29 is 19.8 Å². The highest BCUT2D eigenvalue weighted by atomic mass is 16.4. The summed E-state index contributed by atoms with van der Waals surface area (Å²) in [5, 5.41) is 18.2. The highest BCUT2D eigenvalue weighted by molar-refractivity contribution is 6.65. The Labute approximate surface area is 84.7 Å². The summed E-state index contributed by atoms with van der Waals surface area (Å²) in [6.45, 7) is 0. The zero-order valence-corrected chi connectivity index (χ0v) is 7.54. The lowest BCUT2D eigenvalue weighted by Gasteiger charge is -2.16. The second-order valence-corrected chi connectivity index (χ2v) is 3.09. The third-order valence-electron chi connectivity index (χ3n) is 2.15. The van der Waals surface area contributed by atoms with Gasteiger partial charge in [-0.15, -0.1) is 0 Å². The minimum absolute atomic E-state index is 0.321. The number of benzene rings is 1. The summed E-state index contributed by atoms with van der Waals surface area (Å²) in [4.78, 5) is 25.7. The summed E-state index contributed by atoms with van der Waals surface area (Å²) < 4.78 is 0. The number of nitrogens with zero attached hydrogens (tertiary/aromatic N) is 1. The number of hydrogen-bond donors (Lipinski definition) is 2. The Hall–Kier alpha value is -2.01. The van der Waals surface area contributed by atoms with Crippen molar-refractivity contribution in [3.05, 3.63) is 29.8 Å². The smallest absolute Gasteiger partial charge is 0.358 e. The number of carbonyl (C=O) groups excluding carboxylic acids is 1. The summed E-state index contributed by atoms with van der Waals surface area (Å²) in [5.74, 6) is -2.30. The molecule has 2 rings (SSSR count). The predicted octanol–water partition coefficient (Wildman–Crippen LogP) is 0.460. The van der Waals surface area contributed by atoms with Crippen LogP contribution in [0.25, 0.3) is 0 Å². The van der Waals surface area contributed by atoms with Crippen LogP contribution in [-0.2, 0) is 9.59 Å². The van der Waals surface area contributed by atoms with Gasteiger partial charge in [-0.25, -0.2) is 9.79 Å². The Morgan fingerprint density at radius 3 is 2.67 bits per heavy atom. The fraction of sp³-hybridized carbons (Fsp3) is 0.100. The van der Waals surface area contributed by atoms with Crippen LogP contribution in [0.1, 0.15) is 11.7 Å². The zero-order valence-electron chi connectivity index (χ0n) is 7.54. The molecule has 1 aromatic rings. The first-order chi connectivity index (χ1) is 7.11. The van der Waals surface area contributed by atoms with Crippen molar-refractivity contribution in [2.45, 2.75) is 6.10 Å². The second kappa shape index (κ2) is 3.29. The van der Waals surface area contributed by atoms with Gasteiger partial charge < -0.3 is 10.2 Å². The van der Waals surface area contributed by atoms with Crippen LogP contribution in [0, 0.1) is 0 Å². The number of fused-ring (bicyclic) bond motifs is 1. The molecule has 0 amide bonds. The maximum absolute atomic E-state index is 11.4. The van der Waals surface area contributed by atoms with Crippen LogP contribution < -0.4 is 0 Å². The number of aliphatic hydroxyl groups is 1. The van der Waals surface area contributed by atoms with Crippen molar-refractivity contribution in [2.75, 3.05) is 0 Å². The molecule has 1 aromatic carbocycles. The van der Waals surface area contributed by atoms with E-state index in [4.69, 9.17) is 5.11 Å². The highest BCUT2D eigenvalue weighted by Crippen LogP contribution is 2.30. The molecule has 0 saturated heterocycles. The lowest BCUT2D eigenvalue weighted by atomic mass is 9.97. The number of para-hydroxylation sites is 1. The molecule has 1 heterocycles. The monoisotopic (exact) mass is 205 g/mol. The molecule has 0 aromatic heterocycles. The van der Waals surface area contributed by atoms with Gasteiger partial charge in [0.15, 0.2) is 5.71 Å². The summed E-state index contributed by atoms with van der Waals surface area (Å²) >= 11 is 0. The van der Waals surface area contributed by atoms with E-state index in [9.17, 15) is 14.7 Å². The lowest BCUT2D eigenvalue weighted by molar-refractivity contribution is -0.131. The number of hydrogen-bond acceptors (Lipinski definition) is 4. The Kier molecular flexibility index (Phi) is 2.09. The van der Waals surface area contributed by atoms with Gasteiger partial charge in [-0.05, 0) is 6.07 Å². The third kappa shape index (κ3) is 1.42. The van der Waals surface area contributed by atoms with Crippen molar-refractivity contribution in [1.82, 2.24) is 0 Å². The van der Waals surface area contributed by atoms with E-state index in [0.717, 1.165) is 0 Å². The zero-order chi connectivity index (χ0) is 11.0. The molecule has 2 N–H and O–H groups in total. The van der Waals surface area contributed by atoms with Gasteiger partial charge in [-0.3, -0.25) is 4.79 Å². The number of carboxylic acid groups (broad SMARTS) is 1. The second-order valence-electron chi connectivity index (χ2n) is 3.09. The molecular weight excluding hydrogens is 198 g/mol. The van der Waals surface area contributed by atoms with Crippen LogP contribution in [0.2, 0.25) is 0 Å². The van der Waals surface area contributed by atoms with Crippen LogP contribution in [-0.4, -0.2) is 27.7 Å². The van der Waals surface area contributed by atoms with E-state index in [1.54, 1.807) is 24.3 Å². The van der Waals surface area contributed by atoms with Crippen LogP contribution in [0.3, 0.4) is 0 Å². The van der Waals surface area contributed by atoms with E-state index in [1.807, 2.05) is 0 Å². The maximum atomic E-state index is 11.4. The maximum Gasteiger partial charge on any atom is 0.358 e. The van der Waals surface area contributed by atoms with Gasteiger partial charge in [-0.1, -0.05) is 18.2 Å². The topological polar surface area (TPSA) is 87.0 Å². The third-order valence-corrected chi connectivity index (χ3v) is 2.15. The minimum Gasteiger partial charge on any atom is -0.476 e. The number of rotatable bonds is 1. The van der Waals surface area contributed by atoms with E-state index < -0.39 is 23.6 Å². The van der Waals surface area contributed by atoms with Crippen LogP contribution in [0.4, 0.5) is 5.69 Å². The normalized spacial score (nSPS) is 19.4. The lowest BCUT2D eigenvalue weighted by Crippen LogP contribution is -2.31. The summed E-state index contributed by atoms with van der Waals surface area (Å²) in [5.41, 5.74) is 0.0377. The summed E-state index contributed by atoms with van der Waals surface area (Å²) in [7, 11) is 0. The van der Waals surface area contributed by atoms with Gasteiger partial charge in [0, 0.05) is 5.56 Å². The molecule has 1 unspecified atom stereocenters. The van der Waals surface area contributed by atoms with Crippen molar-refractivity contribution in [1.29, 1.82) is 0 Å². The molecule has 5 nitrogen and oxygen atoms in total. The fourth-order valence-corrected chi connectivity index (χ4v) is 1.42. The summed E-state index contributed by atoms with van der Waals surface area (Å²) in [6.07, 6.45) is -1.43. The quantitative estimate of drug-likeness (QED) is 0.697. The van der Waals surface area contributed by atoms with Crippen LogP contribution in [0.15, 0.2) is 29.3 Å². The van der Waals surface area contributed by atoms with Crippen LogP contribution >= 0.6 is 0 Å². The molecule has 1 aliphatic heterocycles. The molecule has 1 aliphatic rings. The van der Waals surface area contributed by atoms with Gasteiger partial charge in [0.2, 0.25) is 5.78 Å². The number of aliphatic carboxylic acids is 1. The SMILES string of the molecule is O=C(O)C1=Nc2ccccc2C(O)C1=O. The first-order valence-corrected chi connectivity index (χ1v) is 4.24. The highest BCUT2D eigenvalue weighted by Gasteiger charge is 2.33. The first-order valence-electron chi connectivity index (χ1n) is 4.24. The van der Waals surface area contributed by atoms with E-state index in [1.165, 1.54) is 0 Å². The molecule has 0 spiro atoms. The van der Waals surface area contributed by atoms with Crippen molar-refractivity contribution in [2.24, 2.45) is 4.99 Å². The number of Topliss-reactive ketones (excluding diaryl/α,β-unsaturated/α-hetero) is 1. The standard InChI is InChI=1S/C10H7NO4/c12-8-5-3-1-2-4-6(5)11-7(9(8)13)10(14)15/h1-4,8,12H,(H,14,15). The number of carbonyl (C=O) groups is 2. The largest absolute Gasteiger partial charge is 0.476 e. The molecule has 0 radical (unpaired) electrons. The molecule has 76 valence electrons. The van der Waals surface area contributed by atoms with Gasteiger partial charge in [-0.2, -0.15) is 0 Å². The Morgan fingerprint density at radius 1 is 1.33 bits per heavy atom. The van der Waals surface area contributed by atoms with Crippen molar-refractivity contribution >= 4 is 23.2 Å². The van der Waals surface area contributed by atoms with Gasteiger partial charge >= 0.3 is 5.97 Å². The molecule has 0 aliphatic carbocycles. The number of aliphatic imine (C=N–C) groups is 1. The molecule has 0 saturated carbocycles. The average molecular weight is 205 g/mol. The Morgan fingerprint density at radius 2 is 2.00 bits per heavy atom. The van der Waals surface area contributed by atoms with E-state index in [-0.39, 0.29) is 0 Å². The Balaban J connectivity index is 2.62. The van der Waals surface area contributed by atoms with Crippen molar-refractivity contribution in [3.63, 3.8) is 0 Å². The molecule has 5 heteroatoms. The average Bonchev–Trinajstić information content (AvgIpc) is 2.23. The molecule has 1 atom stereocenters. The number of ketones is 1. The van der Waals surface area contributed by atoms with E-state index in [0.29, 0.717) is 11.3 Å². The minimum atomic E-state index is -1.43. The molecular formula is C10H7NO4. The van der Waals surface area contributed by atoms with Gasteiger partial charge in [0.1, 0.15) is 6.10 Å². The number of carboxylic acids is 1. The Bertz CT molecular complexity index is 478. The van der Waals surface area contributed by atoms with Crippen molar-refractivity contribution in [3.8, 4) is 0 Å². The van der Waals surface area contributed by atoms with E-state index >= 15 is 0 Å². The number of aliphatic hydroxyl groups excluding tert-OH is 1. The summed E-state index contributed by atoms with van der Waals surface area (Å²) in [6, 6.07) is 6.40. The van der Waals surface area contributed by atoms with Gasteiger partial charge in [0.05, 0.1) is 5.69 Å². The van der Waals surface area contributed by atoms with E-state index in [2.05, 4.69) is 4.99 Å². The molecule has 0 fully saturated rings. The first kappa shape index (κ1) is 9.54. The molecule has 0 bridgehead atoms. The van der Waals surface area contributed by atoms with Gasteiger partial charge in [0.25, 0.3) is 0 Å². The predicted molar refractivity (Wildman–Crippen MR) is 51.1 cm³/mol. The van der Waals surface area contributed by atoms with Crippen LogP contribution in [0.5, 0.6) is 0 Å². The fourth-order valence-electron chi connectivity index (χ4n) is 1.42.